The number of carbonyl (C=O) groups is 2. The number of carboxylic acid groups (broad SMARTS) is 1. The van der Waals surface area contributed by atoms with E-state index >= 15 is 0 Å². The van der Waals surface area contributed by atoms with Crippen LogP contribution in [-0.2, 0) is 4.79 Å². The predicted molar refractivity (Wildman–Crippen MR) is 92.5 cm³/mol. The van der Waals surface area contributed by atoms with Crippen molar-refractivity contribution in [2.45, 2.75) is 25.8 Å². The second kappa shape index (κ2) is 7.21. The van der Waals surface area contributed by atoms with Crippen LogP contribution in [0.4, 0.5) is 5.69 Å². The van der Waals surface area contributed by atoms with Crippen molar-refractivity contribution in [1.82, 2.24) is 9.80 Å². The first-order valence-electron chi connectivity index (χ1n) is 8.71. The van der Waals surface area contributed by atoms with Crippen LogP contribution in [0.1, 0.15) is 30.1 Å². The molecule has 2 saturated heterocycles. The molecule has 0 bridgehead atoms. The van der Waals surface area contributed by atoms with Crippen molar-refractivity contribution in [3.63, 3.8) is 0 Å². The van der Waals surface area contributed by atoms with Crippen molar-refractivity contribution < 1.29 is 14.7 Å². The molecule has 2 fully saturated rings. The summed E-state index contributed by atoms with van der Waals surface area (Å²) in [6, 6.07) is 6.91. The maximum Gasteiger partial charge on any atom is 0.326 e. The minimum absolute atomic E-state index is 0.178. The van der Waals surface area contributed by atoms with Gasteiger partial charge in [0.1, 0.15) is 6.04 Å². The number of amides is 1. The number of anilines is 1. The highest BCUT2D eigenvalue weighted by Crippen LogP contribution is 2.22. The molecule has 6 heteroatoms. The van der Waals surface area contributed by atoms with Gasteiger partial charge in [0, 0.05) is 44.0 Å². The molecule has 0 aromatic heterocycles. The van der Waals surface area contributed by atoms with Gasteiger partial charge in [0.15, 0.2) is 0 Å². The number of carboxylic acids is 1. The summed E-state index contributed by atoms with van der Waals surface area (Å²) in [5.41, 5.74) is 1.69. The van der Waals surface area contributed by atoms with E-state index in [1.165, 1.54) is 4.90 Å². The van der Waals surface area contributed by atoms with Crippen molar-refractivity contribution in [2.24, 2.45) is 0 Å². The maximum absolute atomic E-state index is 12.6. The van der Waals surface area contributed by atoms with E-state index in [1.807, 2.05) is 24.3 Å². The predicted octanol–water partition coefficient (Wildman–Crippen LogP) is 1.52. The number of carbonyl (C=O) groups excluding carboxylic acids is 1. The molecular formula is C18H25N3O3. The average Bonchev–Trinajstić information content (AvgIpc) is 3.11. The fraction of sp³-hybridized carbons (Fsp3) is 0.556. The summed E-state index contributed by atoms with van der Waals surface area (Å²) in [7, 11) is 0. The van der Waals surface area contributed by atoms with Gasteiger partial charge in [-0.25, -0.2) is 4.79 Å². The Morgan fingerprint density at radius 3 is 2.33 bits per heavy atom. The minimum Gasteiger partial charge on any atom is -0.480 e. The molecule has 1 unspecified atom stereocenters. The Hall–Kier alpha value is -2.08. The molecule has 130 valence electrons. The highest BCUT2D eigenvalue weighted by Gasteiger charge is 2.34. The third-order valence-electron chi connectivity index (χ3n) is 5.10. The zero-order valence-corrected chi connectivity index (χ0v) is 14.1. The molecule has 0 spiro atoms. The van der Waals surface area contributed by atoms with Gasteiger partial charge in [0.05, 0.1) is 0 Å². The topological polar surface area (TPSA) is 64.1 Å². The van der Waals surface area contributed by atoms with Gasteiger partial charge in [-0.1, -0.05) is 6.92 Å². The van der Waals surface area contributed by atoms with Crippen LogP contribution in [0.3, 0.4) is 0 Å². The van der Waals surface area contributed by atoms with Gasteiger partial charge in [-0.05, 0) is 43.7 Å². The summed E-state index contributed by atoms with van der Waals surface area (Å²) >= 11 is 0. The molecule has 0 saturated carbocycles. The Balaban J connectivity index is 1.66. The molecule has 2 aliphatic heterocycles. The van der Waals surface area contributed by atoms with E-state index in [0.29, 0.717) is 18.5 Å². The lowest BCUT2D eigenvalue weighted by Gasteiger charge is -2.35. The third-order valence-corrected chi connectivity index (χ3v) is 5.10. The Morgan fingerprint density at radius 1 is 1.08 bits per heavy atom. The summed E-state index contributed by atoms with van der Waals surface area (Å²) in [5.74, 6) is -1.09. The molecule has 0 radical (unpaired) electrons. The number of aliphatic carboxylic acids is 1. The zero-order valence-electron chi connectivity index (χ0n) is 14.1. The van der Waals surface area contributed by atoms with E-state index in [-0.39, 0.29) is 5.91 Å². The normalized spacial score (nSPS) is 22.0. The largest absolute Gasteiger partial charge is 0.480 e. The van der Waals surface area contributed by atoms with Crippen molar-refractivity contribution in [1.29, 1.82) is 0 Å². The molecule has 0 aliphatic carbocycles. The number of likely N-dealkylation sites (N-methyl/N-ethyl adjacent to an activating group) is 1. The van der Waals surface area contributed by atoms with Gasteiger partial charge in [-0.2, -0.15) is 0 Å². The molecule has 1 amide bonds. The Bertz CT molecular complexity index is 594. The van der Waals surface area contributed by atoms with Gasteiger partial charge in [0.2, 0.25) is 0 Å². The quantitative estimate of drug-likeness (QED) is 0.906. The lowest BCUT2D eigenvalue weighted by molar-refractivity contribution is -0.141. The molecule has 24 heavy (non-hydrogen) atoms. The minimum atomic E-state index is -0.911. The average molecular weight is 331 g/mol. The van der Waals surface area contributed by atoms with Crippen LogP contribution in [-0.4, -0.2) is 72.1 Å². The molecule has 1 N–H and O–H groups in total. The molecule has 1 atom stereocenters. The van der Waals surface area contributed by atoms with Crippen molar-refractivity contribution in [2.75, 3.05) is 44.2 Å². The van der Waals surface area contributed by atoms with Gasteiger partial charge >= 0.3 is 5.97 Å². The smallest absolute Gasteiger partial charge is 0.326 e. The van der Waals surface area contributed by atoms with Crippen LogP contribution in [0.5, 0.6) is 0 Å². The van der Waals surface area contributed by atoms with E-state index in [9.17, 15) is 14.7 Å². The highest BCUT2D eigenvalue weighted by atomic mass is 16.4. The van der Waals surface area contributed by atoms with Crippen LogP contribution in [0, 0.1) is 0 Å². The van der Waals surface area contributed by atoms with Crippen LogP contribution >= 0.6 is 0 Å². The summed E-state index contributed by atoms with van der Waals surface area (Å²) < 4.78 is 0. The molecule has 6 nitrogen and oxygen atoms in total. The van der Waals surface area contributed by atoms with Gasteiger partial charge < -0.3 is 19.8 Å². The number of likely N-dealkylation sites (tertiary alicyclic amines) is 1. The van der Waals surface area contributed by atoms with E-state index in [2.05, 4.69) is 16.7 Å². The summed E-state index contributed by atoms with van der Waals surface area (Å²) in [6.45, 7) is 7.90. The number of piperazine rings is 1. The molecule has 2 heterocycles. The van der Waals surface area contributed by atoms with E-state index < -0.39 is 12.0 Å². The van der Waals surface area contributed by atoms with Crippen molar-refractivity contribution >= 4 is 17.6 Å². The van der Waals surface area contributed by atoms with E-state index in [0.717, 1.165) is 44.8 Å². The summed E-state index contributed by atoms with van der Waals surface area (Å²) in [6.07, 6.45) is 1.29. The Kier molecular flexibility index (Phi) is 5.04. The number of hydrogen-bond donors (Lipinski definition) is 1. The van der Waals surface area contributed by atoms with Crippen LogP contribution in [0.2, 0.25) is 0 Å². The van der Waals surface area contributed by atoms with Gasteiger partial charge in [0.25, 0.3) is 5.91 Å². The van der Waals surface area contributed by atoms with Crippen LogP contribution in [0.15, 0.2) is 24.3 Å². The fourth-order valence-electron chi connectivity index (χ4n) is 3.57. The zero-order chi connectivity index (χ0) is 17.1. The third kappa shape index (κ3) is 3.38. The number of rotatable bonds is 4. The lowest BCUT2D eigenvalue weighted by atomic mass is 10.1. The standard InChI is InChI=1S/C18H25N3O3/c1-2-19-10-12-20(13-11-19)15-7-5-14(6-8-15)17(22)21-9-3-4-16(21)18(23)24/h5-8,16H,2-4,9-13H2,1H3,(H,23,24). The molecule has 3 rings (SSSR count). The van der Waals surface area contributed by atoms with Gasteiger partial charge in [-0.15, -0.1) is 0 Å². The summed E-state index contributed by atoms with van der Waals surface area (Å²) in [5, 5.41) is 9.23. The monoisotopic (exact) mass is 331 g/mol. The number of hydrogen-bond acceptors (Lipinski definition) is 4. The second-order valence-corrected chi connectivity index (χ2v) is 6.46. The molecule has 2 aliphatic rings. The Labute approximate surface area is 142 Å². The van der Waals surface area contributed by atoms with Crippen LogP contribution in [0.25, 0.3) is 0 Å². The molecule has 1 aromatic carbocycles. The first kappa shape index (κ1) is 16.8. The highest BCUT2D eigenvalue weighted by molar-refractivity contribution is 5.97. The second-order valence-electron chi connectivity index (χ2n) is 6.46. The van der Waals surface area contributed by atoms with Crippen molar-refractivity contribution in [3.8, 4) is 0 Å². The number of nitrogens with zero attached hydrogens (tertiary/aromatic N) is 3. The first-order chi connectivity index (χ1) is 11.6. The fourth-order valence-corrected chi connectivity index (χ4v) is 3.57. The van der Waals surface area contributed by atoms with Crippen molar-refractivity contribution in [3.05, 3.63) is 29.8 Å². The SMILES string of the molecule is CCN1CCN(c2ccc(C(=O)N3CCCC3C(=O)O)cc2)CC1. The lowest BCUT2D eigenvalue weighted by Crippen LogP contribution is -2.46. The maximum atomic E-state index is 12.6. The molecular weight excluding hydrogens is 306 g/mol. The first-order valence-corrected chi connectivity index (χ1v) is 8.71. The summed E-state index contributed by atoms with van der Waals surface area (Å²) in [4.78, 5) is 30.1. The molecule has 1 aromatic rings. The van der Waals surface area contributed by atoms with Gasteiger partial charge in [-0.3, -0.25) is 4.79 Å². The van der Waals surface area contributed by atoms with Crippen LogP contribution < -0.4 is 4.90 Å². The van der Waals surface area contributed by atoms with E-state index in [4.69, 9.17) is 0 Å². The Morgan fingerprint density at radius 2 is 1.75 bits per heavy atom. The number of benzene rings is 1. The van der Waals surface area contributed by atoms with E-state index in [1.54, 1.807) is 0 Å².